The van der Waals surface area contributed by atoms with Crippen molar-refractivity contribution in [2.45, 2.75) is 31.5 Å². The number of hydrogen-bond donors (Lipinski definition) is 2. The van der Waals surface area contributed by atoms with E-state index >= 15 is 0 Å². The van der Waals surface area contributed by atoms with Gasteiger partial charge in [-0.1, -0.05) is 51.5 Å². The Bertz CT molecular complexity index is 1370. The van der Waals surface area contributed by atoms with Crippen molar-refractivity contribution in [1.29, 1.82) is 0 Å². The predicted octanol–water partition coefficient (Wildman–Crippen LogP) is 5.63. The molecule has 0 saturated heterocycles. The largest absolute Gasteiger partial charge is 0.364 e. The van der Waals surface area contributed by atoms with Crippen molar-refractivity contribution in [2.75, 3.05) is 10.6 Å². The second kappa shape index (κ2) is 8.14. The van der Waals surface area contributed by atoms with E-state index in [1.165, 1.54) is 10.3 Å². The zero-order valence-corrected chi connectivity index (χ0v) is 19.5. The van der Waals surface area contributed by atoms with Crippen molar-refractivity contribution in [3.8, 4) is 0 Å². The molecule has 0 bridgehead atoms. The summed E-state index contributed by atoms with van der Waals surface area (Å²) < 4.78 is 4.46. The summed E-state index contributed by atoms with van der Waals surface area (Å²) in [5.74, 6) is 0.761. The maximum absolute atomic E-state index is 4.69. The number of halogens is 1. The topological polar surface area (TPSA) is 80.5 Å². The SMILES string of the molecule is Brc1cccc(CNc2ncnc3c2ncn3C2CC(Nc3nc4ccccc4s3)C2)c1. The van der Waals surface area contributed by atoms with E-state index < -0.39 is 0 Å². The fraction of sp³-hybridized carbons (Fsp3) is 0.217. The molecule has 3 aromatic heterocycles. The Labute approximate surface area is 197 Å². The van der Waals surface area contributed by atoms with Crippen LogP contribution in [0.1, 0.15) is 24.4 Å². The first kappa shape index (κ1) is 19.6. The second-order valence-corrected chi connectivity index (χ2v) is 9.93. The van der Waals surface area contributed by atoms with Crippen LogP contribution < -0.4 is 10.6 Å². The zero-order chi connectivity index (χ0) is 21.5. The minimum atomic E-state index is 0.375. The summed E-state index contributed by atoms with van der Waals surface area (Å²) in [5.41, 5.74) is 3.91. The van der Waals surface area contributed by atoms with E-state index in [4.69, 9.17) is 4.98 Å². The number of fused-ring (bicyclic) bond motifs is 2. The molecular formula is C23H20BrN7S. The maximum Gasteiger partial charge on any atom is 0.184 e. The monoisotopic (exact) mass is 505 g/mol. The van der Waals surface area contributed by atoms with Gasteiger partial charge >= 0.3 is 0 Å². The van der Waals surface area contributed by atoms with Crippen molar-refractivity contribution in [3.63, 3.8) is 0 Å². The highest BCUT2D eigenvalue weighted by Crippen LogP contribution is 2.38. The number of aromatic nitrogens is 5. The molecule has 5 aromatic rings. The third kappa shape index (κ3) is 3.71. The number of rotatable bonds is 6. The lowest BCUT2D eigenvalue weighted by atomic mass is 9.86. The molecule has 0 aliphatic heterocycles. The Kier molecular flexibility index (Phi) is 4.99. The van der Waals surface area contributed by atoms with E-state index in [1.807, 2.05) is 24.5 Å². The van der Waals surface area contributed by atoms with Gasteiger partial charge in [0.1, 0.15) is 11.8 Å². The average molecular weight is 506 g/mol. The van der Waals surface area contributed by atoms with Gasteiger partial charge in [0, 0.05) is 23.1 Å². The average Bonchev–Trinajstić information content (AvgIpc) is 3.38. The molecule has 0 radical (unpaired) electrons. The van der Waals surface area contributed by atoms with Gasteiger partial charge in [0.2, 0.25) is 0 Å². The minimum absolute atomic E-state index is 0.375. The molecule has 2 aromatic carbocycles. The van der Waals surface area contributed by atoms with E-state index in [9.17, 15) is 0 Å². The van der Waals surface area contributed by atoms with Crippen LogP contribution in [0, 0.1) is 0 Å². The van der Waals surface area contributed by atoms with Crippen molar-refractivity contribution in [2.24, 2.45) is 0 Å². The molecule has 1 saturated carbocycles. The van der Waals surface area contributed by atoms with Crippen LogP contribution in [-0.4, -0.2) is 30.5 Å². The summed E-state index contributed by atoms with van der Waals surface area (Å²) in [6.45, 7) is 0.677. The van der Waals surface area contributed by atoms with E-state index in [0.717, 1.165) is 44.9 Å². The van der Waals surface area contributed by atoms with Gasteiger partial charge in [-0.25, -0.2) is 19.9 Å². The molecule has 0 amide bonds. The second-order valence-electron chi connectivity index (χ2n) is 7.98. The number of nitrogens with zero attached hydrogens (tertiary/aromatic N) is 5. The third-order valence-electron chi connectivity index (χ3n) is 5.84. The quantitative estimate of drug-likeness (QED) is 0.311. The highest BCUT2D eigenvalue weighted by molar-refractivity contribution is 9.10. The number of para-hydroxylation sites is 1. The van der Waals surface area contributed by atoms with Crippen LogP contribution in [0.4, 0.5) is 10.9 Å². The van der Waals surface area contributed by atoms with Crippen LogP contribution in [-0.2, 0) is 6.54 Å². The Morgan fingerprint density at radius 3 is 2.84 bits per heavy atom. The van der Waals surface area contributed by atoms with Gasteiger partial charge in [0.15, 0.2) is 16.6 Å². The van der Waals surface area contributed by atoms with Crippen LogP contribution in [0.5, 0.6) is 0 Å². The number of hydrogen-bond acceptors (Lipinski definition) is 7. The van der Waals surface area contributed by atoms with E-state index in [1.54, 1.807) is 17.7 Å². The smallest absolute Gasteiger partial charge is 0.184 e. The first-order chi connectivity index (χ1) is 15.7. The summed E-state index contributed by atoms with van der Waals surface area (Å²) >= 11 is 5.23. The Hall–Kier alpha value is -3.04. The predicted molar refractivity (Wildman–Crippen MR) is 132 cm³/mol. The summed E-state index contributed by atoms with van der Waals surface area (Å²) in [6, 6.07) is 17.3. The van der Waals surface area contributed by atoms with Gasteiger partial charge in [-0.3, -0.25) is 0 Å². The fourth-order valence-electron chi connectivity index (χ4n) is 4.12. The summed E-state index contributed by atoms with van der Waals surface area (Å²) in [6.07, 6.45) is 5.54. The number of nitrogens with one attached hydrogen (secondary N) is 2. The Balaban J connectivity index is 1.14. The lowest BCUT2D eigenvalue weighted by Crippen LogP contribution is -2.36. The molecular weight excluding hydrogens is 486 g/mol. The molecule has 2 N–H and O–H groups in total. The number of imidazole rings is 1. The molecule has 160 valence electrons. The molecule has 0 spiro atoms. The van der Waals surface area contributed by atoms with Crippen molar-refractivity contribution < 1.29 is 0 Å². The molecule has 0 unspecified atom stereocenters. The summed E-state index contributed by atoms with van der Waals surface area (Å²) in [7, 11) is 0. The van der Waals surface area contributed by atoms with Crippen LogP contribution in [0.15, 0.2) is 65.7 Å². The highest BCUT2D eigenvalue weighted by Gasteiger charge is 2.32. The normalized spacial score (nSPS) is 18.0. The van der Waals surface area contributed by atoms with Crippen LogP contribution >= 0.6 is 27.3 Å². The van der Waals surface area contributed by atoms with Gasteiger partial charge < -0.3 is 15.2 Å². The number of benzene rings is 2. The van der Waals surface area contributed by atoms with E-state index in [2.05, 4.69) is 76.4 Å². The Morgan fingerprint density at radius 1 is 1.06 bits per heavy atom. The van der Waals surface area contributed by atoms with E-state index in [0.29, 0.717) is 18.6 Å². The molecule has 1 aliphatic carbocycles. The van der Waals surface area contributed by atoms with E-state index in [-0.39, 0.29) is 0 Å². The fourth-order valence-corrected chi connectivity index (χ4v) is 5.51. The molecule has 32 heavy (non-hydrogen) atoms. The molecule has 3 heterocycles. The first-order valence-corrected chi connectivity index (χ1v) is 12.1. The van der Waals surface area contributed by atoms with Crippen LogP contribution in [0.3, 0.4) is 0 Å². The lowest BCUT2D eigenvalue weighted by molar-refractivity contribution is 0.287. The standard InChI is InChI=1S/C23H20BrN7S/c24-15-5-3-4-14(8-15)11-25-21-20-22(27-12-26-21)31(13-28-20)17-9-16(10-17)29-23-30-18-6-1-2-7-19(18)32-23/h1-8,12-13,16-17H,9-11H2,(H,29,30)(H,25,26,27). The molecule has 0 atom stereocenters. The summed E-state index contributed by atoms with van der Waals surface area (Å²) in [4.78, 5) is 18.3. The van der Waals surface area contributed by atoms with Gasteiger partial charge in [-0.05, 0) is 42.7 Å². The third-order valence-corrected chi connectivity index (χ3v) is 7.30. The minimum Gasteiger partial charge on any atom is -0.364 e. The Morgan fingerprint density at radius 2 is 1.97 bits per heavy atom. The highest BCUT2D eigenvalue weighted by atomic mass is 79.9. The van der Waals surface area contributed by atoms with Gasteiger partial charge in [-0.15, -0.1) is 0 Å². The van der Waals surface area contributed by atoms with Gasteiger partial charge in [-0.2, -0.15) is 0 Å². The first-order valence-electron chi connectivity index (χ1n) is 10.5. The van der Waals surface area contributed by atoms with Crippen LogP contribution in [0.25, 0.3) is 21.4 Å². The van der Waals surface area contributed by atoms with Crippen LogP contribution in [0.2, 0.25) is 0 Å². The van der Waals surface area contributed by atoms with Crippen molar-refractivity contribution in [3.05, 3.63) is 71.2 Å². The molecule has 7 nitrogen and oxygen atoms in total. The summed E-state index contributed by atoms with van der Waals surface area (Å²) in [5, 5.41) is 7.99. The van der Waals surface area contributed by atoms with Gasteiger partial charge in [0.25, 0.3) is 0 Å². The number of thiazole rings is 1. The van der Waals surface area contributed by atoms with Crippen molar-refractivity contribution in [1.82, 2.24) is 24.5 Å². The molecule has 9 heteroatoms. The zero-order valence-electron chi connectivity index (χ0n) is 17.1. The molecule has 6 rings (SSSR count). The van der Waals surface area contributed by atoms with Gasteiger partial charge in [0.05, 0.1) is 16.5 Å². The maximum atomic E-state index is 4.69. The lowest BCUT2D eigenvalue weighted by Gasteiger charge is -2.36. The molecule has 1 aliphatic rings. The van der Waals surface area contributed by atoms with Crippen molar-refractivity contribution >= 4 is 59.6 Å². The molecule has 1 fully saturated rings. The number of anilines is 2.